The van der Waals surface area contributed by atoms with Gasteiger partial charge in [-0.05, 0) is 24.6 Å². The zero-order valence-electron chi connectivity index (χ0n) is 8.64. The Morgan fingerprint density at radius 3 is 2.67 bits per heavy atom. The Balaban J connectivity index is 3.02. The second-order valence-corrected chi connectivity index (χ2v) is 3.76. The Hall–Kier alpha value is -0.930. The first-order valence-electron chi connectivity index (χ1n) is 4.49. The number of benzene rings is 1. The van der Waals surface area contributed by atoms with Gasteiger partial charge in [-0.25, -0.2) is 4.39 Å². The van der Waals surface area contributed by atoms with Crippen LogP contribution >= 0.6 is 11.6 Å². The molecule has 0 spiro atoms. The van der Waals surface area contributed by atoms with E-state index in [4.69, 9.17) is 16.3 Å². The Labute approximate surface area is 93.0 Å². The SMILES string of the molecule is COCc1c(F)cc(CC(C)=O)cc1Cl. The number of hydrogen-bond donors (Lipinski definition) is 0. The molecule has 0 aliphatic heterocycles. The molecule has 0 fully saturated rings. The first-order chi connectivity index (χ1) is 7.04. The molecule has 2 nitrogen and oxygen atoms in total. The molecule has 82 valence electrons. The number of methoxy groups -OCH3 is 1. The van der Waals surface area contributed by atoms with Crippen LogP contribution in [0.15, 0.2) is 12.1 Å². The van der Waals surface area contributed by atoms with Crippen LogP contribution in [0.25, 0.3) is 0 Å². The highest BCUT2D eigenvalue weighted by Crippen LogP contribution is 2.22. The maximum absolute atomic E-state index is 13.5. The van der Waals surface area contributed by atoms with Crippen LogP contribution in [-0.2, 0) is 22.6 Å². The van der Waals surface area contributed by atoms with E-state index in [2.05, 4.69) is 0 Å². The zero-order chi connectivity index (χ0) is 11.4. The summed E-state index contributed by atoms with van der Waals surface area (Å²) < 4.78 is 18.3. The first-order valence-corrected chi connectivity index (χ1v) is 4.87. The Morgan fingerprint density at radius 1 is 1.53 bits per heavy atom. The molecule has 0 aromatic heterocycles. The Kier molecular flexibility index (Phi) is 4.24. The van der Waals surface area contributed by atoms with Crippen LogP contribution in [0.3, 0.4) is 0 Å². The molecule has 1 rings (SSSR count). The van der Waals surface area contributed by atoms with Crippen LogP contribution in [0.4, 0.5) is 4.39 Å². The molecule has 0 unspecified atom stereocenters. The van der Waals surface area contributed by atoms with E-state index in [0.717, 1.165) is 0 Å². The number of carbonyl (C=O) groups is 1. The van der Waals surface area contributed by atoms with Gasteiger partial charge in [0.1, 0.15) is 11.6 Å². The van der Waals surface area contributed by atoms with Crippen molar-refractivity contribution in [2.24, 2.45) is 0 Å². The summed E-state index contributed by atoms with van der Waals surface area (Å²) in [6, 6.07) is 2.92. The summed E-state index contributed by atoms with van der Waals surface area (Å²) in [4.78, 5) is 10.9. The normalized spacial score (nSPS) is 10.4. The highest BCUT2D eigenvalue weighted by Gasteiger charge is 2.10. The number of halogens is 2. The number of Topliss-reactive ketones (excluding diaryl/α,β-unsaturated/α-hetero) is 1. The predicted octanol–water partition coefficient (Wildman–Crippen LogP) is 2.76. The fraction of sp³-hybridized carbons (Fsp3) is 0.364. The van der Waals surface area contributed by atoms with E-state index in [1.807, 2.05) is 0 Å². The van der Waals surface area contributed by atoms with Gasteiger partial charge in [0.25, 0.3) is 0 Å². The van der Waals surface area contributed by atoms with Crippen LogP contribution in [-0.4, -0.2) is 12.9 Å². The van der Waals surface area contributed by atoms with Crippen molar-refractivity contribution in [1.82, 2.24) is 0 Å². The molecule has 0 saturated heterocycles. The molecule has 4 heteroatoms. The third-order valence-electron chi connectivity index (χ3n) is 1.94. The van der Waals surface area contributed by atoms with E-state index in [1.54, 1.807) is 6.07 Å². The molecule has 0 bridgehead atoms. The number of rotatable bonds is 4. The summed E-state index contributed by atoms with van der Waals surface area (Å²) in [6.45, 7) is 1.58. The molecular weight excluding hydrogens is 219 g/mol. The van der Waals surface area contributed by atoms with E-state index in [0.29, 0.717) is 16.1 Å². The Bertz CT molecular complexity index is 354. The minimum atomic E-state index is -0.430. The van der Waals surface area contributed by atoms with Crippen molar-refractivity contribution in [1.29, 1.82) is 0 Å². The second-order valence-electron chi connectivity index (χ2n) is 3.35. The zero-order valence-corrected chi connectivity index (χ0v) is 9.40. The van der Waals surface area contributed by atoms with Crippen molar-refractivity contribution in [3.05, 3.63) is 34.1 Å². The van der Waals surface area contributed by atoms with Gasteiger partial charge in [0.15, 0.2) is 0 Å². The number of carbonyl (C=O) groups excluding carboxylic acids is 1. The van der Waals surface area contributed by atoms with Gasteiger partial charge in [-0.3, -0.25) is 4.79 Å². The monoisotopic (exact) mass is 230 g/mol. The van der Waals surface area contributed by atoms with Crippen LogP contribution in [0.5, 0.6) is 0 Å². The largest absolute Gasteiger partial charge is 0.380 e. The highest BCUT2D eigenvalue weighted by molar-refractivity contribution is 6.31. The molecule has 0 heterocycles. The van der Waals surface area contributed by atoms with Crippen LogP contribution in [0.1, 0.15) is 18.1 Å². The minimum Gasteiger partial charge on any atom is -0.380 e. The predicted molar refractivity (Wildman–Crippen MR) is 56.5 cm³/mol. The second kappa shape index (κ2) is 5.24. The van der Waals surface area contributed by atoms with Gasteiger partial charge >= 0.3 is 0 Å². The van der Waals surface area contributed by atoms with Crippen molar-refractivity contribution in [3.8, 4) is 0 Å². The summed E-state index contributed by atoms with van der Waals surface area (Å²) in [5, 5.41) is 0.299. The third-order valence-corrected chi connectivity index (χ3v) is 2.28. The topological polar surface area (TPSA) is 26.3 Å². The molecule has 0 N–H and O–H groups in total. The summed E-state index contributed by atoms with van der Waals surface area (Å²) >= 11 is 5.87. The van der Waals surface area contributed by atoms with Gasteiger partial charge < -0.3 is 4.74 Å². The van der Waals surface area contributed by atoms with Crippen molar-refractivity contribution in [3.63, 3.8) is 0 Å². The van der Waals surface area contributed by atoms with Gasteiger partial charge in [-0.15, -0.1) is 0 Å². The number of ketones is 1. The van der Waals surface area contributed by atoms with Crippen molar-refractivity contribution < 1.29 is 13.9 Å². The van der Waals surface area contributed by atoms with E-state index in [-0.39, 0.29) is 18.8 Å². The smallest absolute Gasteiger partial charge is 0.134 e. The summed E-state index contributed by atoms with van der Waals surface area (Å²) in [7, 11) is 1.47. The quantitative estimate of drug-likeness (QED) is 0.795. The van der Waals surface area contributed by atoms with Gasteiger partial charge in [-0.2, -0.15) is 0 Å². The van der Waals surface area contributed by atoms with Crippen LogP contribution in [0.2, 0.25) is 5.02 Å². The molecule has 15 heavy (non-hydrogen) atoms. The number of ether oxygens (including phenoxy) is 1. The molecule has 0 saturated carbocycles. The molecule has 1 aromatic rings. The average Bonchev–Trinajstić information content (AvgIpc) is 2.10. The molecule has 0 amide bonds. The van der Waals surface area contributed by atoms with E-state index < -0.39 is 5.82 Å². The lowest BCUT2D eigenvalue weighted by atomic mass is 10.1. The maximum Gasteiger partial charge on any atom is 0.134 e. The fourth-order valence-electron chi connectivity index (χ4n) is 1.33. The van der Waals surface area contributed by atoms with Crippen LogP contribution < -0.4 is 0 Å². The van der Waals surface area contributed by atoms with Gasteiger partial charge in [0, 0.05) is 24.1 Å². The summed E-state index contributed by atoms with van der Waals surface area (Å²) in [6.07, 6.45) is 0.198. The van der Waals surface area contributed by atoms with Crippen molar-refractivity contribution in [2.45, 2.75) is 20.0 Å². The molecule has 0 aliphatic rings. The lowest BCUT2D eigenvalue weighted by Gasteiger charge is -2.07. The minimum absolute atomic E-state index is 0.0232. The molecule has 0 radical (unpaired) electrons. The maximum atomic E-state index is 13.5. The fourth-order valence-corrected chi connectivity index (χ4v) is 1.61. The van der Waals surface area contributed by atoms with E-state index in [9.17, 15) is 9.18 Å². The van der Waals surface area contributed by atoms with Crippen LogP contribution in [0, 0.1) is 5.82 Å². The Morgan fingerprint density at radius 2 is 2.20 bits per heavy atom. The van der Waals surface area contributed by atoms with Gasteiger partial charge in [0.05, 0.1) is 6.61 Å². The van der Waals surface area contributed by atoms with Gasteiger partial charge in [0.2, 0.25) is 0 Å². The first kappa shape index (κ1) is 12.1. The highest BCUT2D eigenvalue weighted by atomic mass is 35.5. The number of hydrogen-bond acceptors (Lipinski definition) is 2. The molecule has 1 aromatic carbocycles. The van der Waals surface area contributed by atoms with Crippen molar-refractivity contribution >= 4 is 17.4 Å². The van der Waals surface area contributed by atoms with E-state index in [1.165, 1.54) is 20.1 Å². The summed E-state index contributed by atoms with van der Waals surface area (Å²) in [5.41, 5.74) is 0.913. The van der Waals surface area contributed by atoms with Gasteiger partial charge in [-0.1, -0.05) is 11.6 Å². The van der Waals surface area contributed by atoms with Crippen molar-refractivity contribution in [2.75, 3.05) is 7.11 Å². The molecule has 0 aliphatic carbocycles. The average molecular weight is 231 g/mol. The lowest BCUT2D eigenvalue weighted by Crippen LogP contribution is -2.00. The summed E-state index contributed by atoms with van der Waals surface area (Å²) in [5.74, 6) is -0.453. The lowest BCUT2D eigenvalue weighted by molar-refractivity contribution is -0.116. The molecule has 0 atom stereocenters. The third kappa shape index (κ3) is 3.29. The standard InChI is InChI=1S/C11H12ClFO2/c1-7(14)3-8-4-10(12)9(6-15-2)11(13)5-8/h4-5H,3,6H2,1-2H3. The van der Waals surface area contributed by atoms with E-state index >= 15 is 0 Å². The molecular formula is C11H12ClFO2.